The van der Waals surface area contributed by atoms with Crippen molar-refractivity contribution in [1.29, 1.82) is 10.5 Å². The highest BCUT2D eigenvalue weighted by atomic mass is 32.2. The lowest BCUT2D eigenvalue weighted by Crippen LogP contribution is -2.29. The molecule has 4 heterocycles. The quantitative estimate of drug-likeness (QED) is 0.0526. The van der Waals surface area contributed by atoms with Gasteiger partial charge in [0.1, 0.15) is 25.1 Å². The SMILES string of the molecule is CCC(C)(c1c(C)cc(C)c2c1ccn2S(=O)(=O)c1ccc(C)cc1)c1nc2cc(C#N)ccc2n1COCC[Si](C)(C)C.CCC(C)(c1c(C)cc(C)c2c1ccn2S(=O)(=O)c1ccc(C)cc1)c1nc2ccc(C#N)cc2n1COCC[Si](C)(C)C. The lowest BCUT2D eigenvalue weighted by Gasteiger charge is -2.32. The summed E-state index contributed by atoms with van der Waals surface area (Å²) in [6.45, 7) is 36.6. The van der Waals surface area contributed by atoms with Crippen molar-refractivity contribution in [3.63, 3.8) is 0 Å². The maximum atomic E-state index is 13.9. The van der Waals surface area contributed by atoms with E-state index in [1.54, 1.807) is 42.7 Å². The van der Waals surface area contributed by atoms with Gasteiger partial charge in [0.25, 0.3) is 20.0 Å². The predicted octanol–water partition coefficient (Wildman–Crippen LogP) is 16.1. The van der Waals surface area contributed by atoms with Crippen molar-refractivity contribution >= 4 is 80.1 Å². The summed E-state index contributed by atoms with van der Waals surface area (Å²) in [6.07, 6.45) is 4.78. The number of nitriles is 2. The first-order valence-corrected chi connectivity index (χ1v) is 40.6. The molecular weight excluding hydrogens is 1170 g/mol. The van der Waals surface area contributed by atoms with Gasteiger partial charge in [0.15, 0.2) is 0 Å². The van der Waals surface area contributed by atoms with Crippen molar-refractivity contribution in [2.75, 3.05) is 13.2 Å². The lowest BCUT2D eigenvalue weighted by molar-refractivity contribution is 0.0858. The maximum absolute atomic E-state index is 13.9. The molecule has 14 nitrogen and oxygen atoms in total. The molecule has 18 heteroatoms. The van der Waals surface area contributed by atoms with Gasteiger partial charge in [-0.05, 0) is 186 Å². The van der Waals surface area contributed by atoms with Crippen LogP contribution in [0.15, 0.2) is 131 Å². The fraction of sp³-hybridized carbons (Fsp3) is 0.371. The fourth-order valence-corrected chi connectivity index (χ4v) is 16.7. The average molecular weight is 1250 g/mol. The predicted molar refractivity (Wildman–Crippen MR) is 361 cm³/mol. The zero-order valence-electron chi connectivity index (χ0n) is 54.0. The molecule has 0 aliphatic carbocycles. The molecule has 2 atom stereocenters. The fourth-order valence-electron chi connectivity index (χ4n) is 12.3. The third kappa shape index (κ3) is 12.5. The Balaban J connectivity index is 0.000000209. The van der Waals surface area contributed by atoms with Gasteiger partial charge in [0.2, 0.25) is 0 Å². The molecule has 4 aromatic heterocycles. The molecule has 6 aromatic carbocycles. The van der Waals surface area contributed by atoms with Crippen LogP contribution in [-0.4, -0.2) is 73.2 Å². The highest BCUT2D eigenvalue weighted by Crippen LogP contribution is 2.46. The van der Waals surface area contributed by atoms with E-state index in [-0.39, 0.29) is 9.79 Å². The molecule has 0 amide bonds. The molecule has 0 aliphatic rings. The van der Waals surface area contributed by atoms with Crippen molar-refractivity contribution in [2.24, 2.45) is 0 Å². The summed E-state index contributed by atoms with van der Waals surface area (Å²) in [4.78, 5) is 10.9. The van der Waals surface area contributed by atoms with Crippen LogP contribution in [0.1, 0.15) is 108 Å². The second-order valence-corrected chi connectivity index (χ2v) is 41.5. The first-order chi connectivity index (χ1) is 41.4. The van der Waals surface area contributed by atoms with Crippen molar-refractivity contribution in [3.8, 4) is 12.1 Å². The molecule has 0 fully saturated rings. The number of fused-ring (bicyclic) bond motifs is 4. The summed E-state index contributed by atoms with van der Waals surface area (Å²) >= 11 is 0. The smallest absolute Gasteiger partial charge is 0.268 e. The van der Waals surface area contributed by atoms with Crippen molar-refractivity contribution in [1.82, 2.24) is 27.0 Å². The Morgan fingerprint density at radius 3 is 1.31 bits per heavy atom. The molecule has 10 aromatic rings. The van der Waals surface area contributed by atoms with E-state index in [0.717, 1.165) is 101 Å². The number of ether oxygens (including phenoxy) is 2. The van der Waals surface area contributed by atoms with E-state index in [1.165, 1.54) is 7.94 Å². The first-order valence-electron chi connectivity index (χ1n) is 30.3. The van der Waals surface area contributed by atoms with Crippen LogP contribution in [0.5, 0.6) is 0 Å². The van der Waals surface area contributed by atoms with Crippen molar-refractivity contribution in [3.05, 3.63) is 189 Å². The van der Waals surface area contributed by atoms with Crippen LogP contribution in [0.4, 0.5) is 0 Å². The number of hydrogen-bond acceptors (Lipinski definition) is 10. The Hall–Kier alpha value is -7.43. The van der Waals surface area contributed by atoms with E-state index in [4.69, 9.17) is 19.4 Å². The van der Waals surface area contributed by atoms with Gasteiger partial charge < -0.3 is 18.6 Å². The number of benzene rings is 6. The Morgan fingerprint density at radius 2 is 0.898 bits per heavy atom. The Bertz CT molecular complexity index is 4430. The summed E-state index contributed by atoms with van der Waals surface area (Å²) in [5.74, 6) is 1.67. The largest absolute Gasteiger partial charge is 0.361 e. The summed E-state index contributed by atoms with van der Waals surface area (Å²) in [5.41, 5.74) is 12.6. The Labute approximate surface area is 522 Å². The monoisotopic (exact) mass is 1250 g/mol. The summed E-state index contributed by atoms with van der Waals surface area (Å²) in [7, 11) is -10.2. The summed E-state index contributed by atoms with van der Waals surface area (Å²) in [5, 5.41) is 21.0. The van der Waals surface area contributed by atoms with Gasteiger partial charge in [-0.3, -0.25) is 0 Å². The van der Waals surface area contributed by atoms with E-state index in [0.29, 0.717) is 61.7 Å². The molecular formula is C70H84N8O6S2Si2. The summed E-state index contributed by atoms with van der Waals surface area (Å²) < 4.78 is 75.3. The molecule has 0 saturated heterocycles. The van der Waals surface area contributed by atoms with Crippen molar-refractivity contribution < 1.29 is 26.3 Å². The third-order valence-corrected chi connectivity index (χ3v) is 24.3. The zero-order chi connectivity index (χ0) is 64.1. The number of nitrogens with zero attached hydrogens (tertiary/aromatic N) is 8. The summed E-state index contributed by atoms with van der Waals surface area (Å²) in [6, 6.07) is 39.7. The normalized spacial score (nSPS) is 13.8. The Kier molecular flexibility index (Phi) is 18.4. The molecule has 88 heavy (non-hydrogen) atoms. The lowest BCUT2D eigenvalue weighted by atomic mass is 9.75. The molecule has 0 N–H and O–H groups in total. The third-order valence-electron chi connectivity index (χ3n) is 17.5. The van der Waals surface area contributed by atoms with Crippen molar-refractivity contribution in [2.45, 2.75) is 168 Å². The molecule has 10 rings (SSSR count). The maximum Gasteiger partial charge on any atom is 0.268 e. The topological polar surface area (TPSA) is 180 Å². The number of rotatable bonds is 20. The van der Waals surface area contributed by atoms with E-state index >= 15 is 0 Å². The van der Waals surface area contributed by atoms with Crippen LogP contribution in [-0.2, 0) is 53.8 Å². The minimum Gasteiger partial charge on any atom is -0.361 e. The number of hydrogen-bond donors (Lipinski definition) is 0. The van der Waals surface area contributed by atoms with Gasteiger partial charge in [-0.25, -0.2) is 34.7 Å². The first kappa shape index (κ1) is 65.0. The van der Waals surface area contributed by atoms with E-state index in [2.05, 4.69) is 114 Å². The average Bonchev–Trinajstić information content (AvgIpc) is 2.02. The second kappa shape index (κ2) is 24.9. The van der Waals surface area contributed by atoms with Gasteiger partial charge >= 0.3 is 0 Å². The number of imidazole rings is 2. The Morgan fingerprint density at radius 1 is 0.500 bits per heavy atom. The molecule has 0 saturated carbocycles. The van der Waals surface area contributed by atoms with Gasteiger partial charge in [0.05, 0.1) is 77.0 Å². The minimum atomic E-state index is -3.82. The molecule has 0 spiro atoms. The van der Waals surface area contributed by atoms with Crippen LogP contribution in [0.25, 0.3) is 43.9 Å². The number of aryl methyl sites for hydroxylation is 6. The van der Waals surface area contributed by atoms with Crippen LogP contribution < -0.4 is 0 Å². The van der Waals surface area contributed by atoms with Gasteiger partial charge in [-0.1, -0.05) is 101 Å². The molecule has 460 valence electrons. The van der Waals surface area contributed by atoms with Gasteiger partial charge in [-0.15, -0.1) is 0 Å². The molecule has 0 aliphatic heterocycles. The molecule has 0 radical (unpaired) electrons. The van der Waals surface area contributed by atoms with E-state index in [1.807, 2.05) is 94.4 Å². The van der Waals surface area contributed by atoms with Crippen LogP contribution in [0.3, 0.4) is 0 Å². The molecule has 2 unspecified atom stereocenters. The number of aromatic nitrogens is 6. The standard InChI is InChI=1S/2C35H42N4O3SSi/c1-9-35(5,34-37-30-21-27(22-36)12-15-31(30)38(34)23-42-18-19-44(6,7)8)32-25(3)20-26(4)33-29(32)16-17-39(33)43(40,41)28-13-10-24(2)11-14-28;1-9-35(5,34-37-30-15-12-27(22-36)21-31(30)38(34)23-42-18-19-44(6,7)8)32-25(3)20-26(4)33-29(32)16-17-39(33)43(40,41)28-13-10-24(2)11-14-28/h2*10-17,20-21H,9,18-19,23H2,1-8H3. The van der Waals surface area contributed by atoms with Crippen LogP contribution in [0.2, 0.25) is 51.4 Å². The van der Waals surface area contributed by atoms with E-state index in [9.17, 15) is 27.4 Å². The van der Waals surface area contributed by atoms with Crippen LogP contribution in [0, 0.1) is 64.2 Å². The second-order valence-electron chi connectivity index (χ2n) is 26.6. The highest BCUT2D eigenvalue weighted by molar-refractivity contribution is 7.90. The highest BCUT2D eigenvalue weighted by Gasteiger charge is 2.39. The minimum absolute atomic E-state index is 0.255. The van der Waals surface area contributed by atoms with E-state index < -0.39 is 47.0 Å². The van der Waals surface area contributed by atoms with Gasteiger partial charge in [-0.2, -0.15) is 10.5 Å². The molecule has 0 bridgehead atoms. The zero-order valence-corrected chi connectivity index (χ0v) is 57.7. The van der Waals surface area contributed by atoms with Crippen LogP contribution >= 0.6 is 0 Å². The van der Waals surface area contributed by atoms with Gasteiger partial charge in [0, 0.05) is 52.5 Å².